The lowest BCUT2D eigenvalue weighted by atomic mass is 10.2. The molecule has 0 radical (unpaired) electrons. The van der Waals surface area contributed by atoms with Gasteiger partial charge in [0.1, 0.15) is 11.3 Å². The molecule has 0 saturated carbocycles. The van der Waals surface area contributed by atoms with E-state index in [1.165, 1.54) is 12.1 Å². The van der Waals surface area contributed by atoms with E-state index in [-0.39, 0.29) is 5.11 Å². The van der Waals surface area contributed by atoms with E-state index in [1.807, 2.05) is 6.92 Å². The fourth-order valence-electron chi connectivity index (χ4n) is 2.40. The normalized spacial score (nSPS) is 10.4. The predicted molar refractivity (Wildman–Crippen MR) is 109 cm³/mol. The molecule has 0 saturated heterocycles. The van der Waals surface area contributed by atoms with Crippen molar-refractivity contribution < 1.29 is 13.9 Å². The topological polar surface area (TPSA) is 80.6 Å². The molecule has 0 bridgehead atoms. The minimum absolute atomic E-state index is 0.127. The first kappa shape index (κ1) is 18.9. The Morgan fingerprint density at radius 2 is 2.00 bits per heavy atom. The van der Waals surface area contributed by atoms with Crippen molar-refractivity contribution in [3.05, 3.63) is 69.5 Å². The molecule has 3 aromatic rings. The van der Waals surface area contributed by atoms with Crippen LogP contribution in [0.4, 0.5) is 5.69 Å². The van der Waals surface area contributed by atoms with Crippen molar-refractivity contribution in [3.63, 3.8) is 0 Å². The summed E-state index contributed by atoms with van der Waals surface area (Å²) in [6, 6.07) is 12.8. The number of halogens is 1. The largest absolute Gasteiger partial charge is 0.492 e. The van der Waals surface area contributed by atoms with Crippen molar-refractivity contribution in [1.82, 2.24) is 5.32 Å². The number of ether oxygens (including phenoxy) is 1. The number of anilines is 1. The molecule has 0 fully saturated rings. The number of carbonyl (C=O) groups is 1. The SMILES string of the molecule is CCOc1ccc(C(=O)NC(=S)Nc2ccc3oc(=O)ccc3c2)cc1Cl. The molecule has 0 aliphatic heterocycles. The highest BCUT2D eigenvalue weighted by Gasteiger charge is 2.11. The number of benzene rings is 2. The van der Waals surface area contributed by atoms with E-state index < -0.39 is 11.5 Å². The summed E-state index contributed by atoms with van der Waals surface area (Å²) in [5.74, 6) is 0.114. The van der Waals surface area contributed by atoms with Crippen LogP contribution in [0.5, 0.6) is 5.75 Å². The highest BCUT2D eigenvalue weighted by molar-refractivity contribution is 7.80. The van der Waals surface area contributed by atoms with Crippen LogP contribution in [0.2, 0.25) is 5.02 Å². The first-order chi connectivity index (χ1) is 13.0. The van der Waals surface area contributed by atoms with Crippen LogP contribution in [-0.2, 0) is 0 Å². The van der Waals surface area contributed by atoms with Crippen LogP contribution in [0, 0.1) is 0 Å². The molecule has 1 heterocycles. The minimum atomic E-state index is -0.417. The van der Waals surface area contributed by atoms with Gasteiger partial charge in [-0.25, -0.2) is 4.79 Å². The average Bonchev–Trinajstić information content (AvgIpc) is 2.63. The number of thiocarbonyl (C=S) groups is 1. The van der Waals surface area contributed by atoms with Crippen molar-refractivity contribution >= 4 is 51.5 Å². The number of amides is 1. The Morgan fingerprint density at radius 3 is 2.74 bits per heavy atom. The van der Waals surface area contributed by atoms with Gasteiger partial charge in [0.05, 0.1) is 11.6 Å². The van der Waals surface area contributed by atoms with E-state index >= 15 is 0 Å². The summed E-state index contributed by atoms with van der Waals surface area (Å²) in [5, 5.41) is 6.71. The molecule has 1 aromatic heterocycles. The van der Waals surface area contributed by atoms with Gasteiger partial charge in [0.15, 0.2) is 5.11 Å². The monoisotopic (exact) mass is 402 g/mol. The molecule has 3 rings (SSSR count). The Balaban J connectivity index is 1.68. The van der Waals surface area contributed by atoms with Crippen LogP contribution in [0.15, 0.2) is 57.7 Å². The molecule has 0 unspecified atom stereocenters. The van der Waals surface area contributed by atoms with Crippen LogP contribution in [-0.4, -0.2) is 17.6 Å². The van der Waals surface area contributed by atoms with Crippen LogP contribution in [0.25, 0.3) is 11.0 Å². The fourth-order valence-corrected chi connectivity index (χ4v) is 2.85. The molecule has 2 N–H and O–H groups in total. The van der Waals surface area contributed by atoms with Gasteiger partial charge >= 0.3 is 5.63 Å². The lowest BCUT2D eigenvalue weighted by Crippen LogP contribution is -2.34. The number of hydrogen-bond donors (Lipinski definition) is 2. The van der Waals surface area contributed by atoms with Crippen LogP contribution < -0.4 is 21.0 Å². The van der Waals surface area contributed by atoms with Crippen molar-refractivity contribution in [2.75, 3.05) is 11.9 Å². The quantitative estimate of drug-likeness (QED) is 0.507. The van der Waals surface area contributed by atoms with E-state index in [2.05, 4.69) is 10.6 Å². The Hall–Kier alpha value is -2.90. The predicted octanol–water partition coefficient (Wildman–Crippen LogP) is 3.97. The van der Waals surface area contributed by atoms with Gasteiger partial charge in [0.2, 0.25) is 0 Å². The maximum Gasteiger partial charge on any atom is 0.336 e. The van der Waals surface area contributed by atoms with Crippen LogP contribution >= 0.6 is 23.8 Å². The Bertz CT molecular complexity index is 1080. The number of fused-ring (bicyclic) bond motifs is 1. The first-order valence-electron chi connectivity index (χ1n) is 8.05. The molecular formula is C19H15ClN2O4S. The fraction of sp³-hybridized carbons (Fsp3) is 0.105. The summed E-state index contributed by atoms with van der Waals surface area (Å²) in [7, 11) is 0. The Morgan fingerprint density at radius 1 is 1.19 bits per heavy atom. The standard InChI is InChI=1S/C19H15ClN2O4S/c1-2-25-16-6-3-12(10-14(16)20)18(24)22-19(27)21-13-5-7-15-11(9-13)4-8-17(23)26-15/h3-10H,2H2,1H3,(H2,21,22,24,27). The zero-order valence-electron chi connectivity index (χ0n) is 14.2. The molecule has 0 aliphatic carbocycles. The second-order valence-electron chi connectivity index (χ2n) is 5.49. The van der Waals surface area contributed by atoms with Crippen molar-refractivity contribution in [3.8, 4) is 5.75 Å². The van der Waals surface area contributed by atoms with Gasteiger partial charge in [-0.1, -0.05) is 11.6 Å². The maximum absolute atomic E-state index is 12.3. The third-order valence-corrected chi connectivity index (χ3v) is 4.10. The lowest BCUT2D eigenvalue weighted by Gasteiger charge is -2.11. The molecule has 0 atom stereocenters. The molecule has 8 heteroatoms. The molecule has 0 aliphatic rings. The van der Waals surface area contributed by atoms with Crippen molar-refractivity contribution in [1.29, 1.82) is 0 Å². The Labute approximate surface area is 165 Å². The van der Waals surface area contributed by atoms with Crippen molar-refractivity contribution in [2.24, 2.45) is 0 Å². The van der Waals surface area contributed by atoms with Gasteiger partial charge in [0, 0.05) is 22.7 Å². The second kappa shape index (κ2) is 8.20. The van der Waals surface area contributed by atoms with E-state index in [1.54, 1.807) is 36.4 Å². The van der Waals surface area contributed by atoms with Gasteiger partial charge in [-0.3, -0.25) is 10.1 Å². The van der Waals surface area contributed by atoms with E-state index in [0.29, 0.717) is 34.2 Å². The lowest BCUT2D eigenvalue weighted by molar-refractivity contribution is 0.0977. The highest BCUT2D eigenvalue weighted by atomic mass is 35.5. The van der Waals surface area contributed by atoms with Gasteiger partial charge < -0.3 is 14.5 Å². The first-order valence-corrected chi connectivity index (χ1v) is 8.83. The van der Waals surface area contributed by atoms with Gasteiger partial charge in [0.25, 0.3) is 5.91 Å². The second-order valence-corrected chi connectivity index (χ2v) is 6.31. The number of carbonyl (C=O) groups excluding carboxylic acids is 1. The maximum atomic E-state index is 12.3. The Kier molecular flexibility index (Phi) is 5.73. The smallest absolute Gasteiger partial charge is 0.336 e. The average molecular weight is 403 g/mol. The van der Waals surface area contributed by atoms with Crippen LogP contribution in [0.1, 0.15) is 17.3 Å². The minimum Gasteiger partial charge on any atom is -0.492 e. The van der Waals surface area contributed by atoms with Gasteiger partial charge in [-0.2, -0.15) is 0 Å². The van der Waals surface area contributed by atoms with Crippen LogP contribution in [0.3, 0.4) is 0 Å². The molecule has 0 spiro atoms. The summed E-state index contributed by atoms with van der Waals surface area (Å²) in [5.41, 5.74) is 1.05. The summed E-state index contributed by atoms with van der Waals surface area (Å²) < 4.78 is 10.4. The molecule has 6 nitrogen and oxygen atoms in total. The molecule has 27 heavy (non-hydrogen) atoms. The number of rotatable bonds is 4. The molecule has 2 aromatic carbocycles. The van der Waals surface area contributed by atoms with E-state index in [0.717, 1.165) is 5.39 Å². The summed E-state index contributed by atoms with van der Waals surface area (Å²) in [6.07, 6.45) is 0. The third-order valence-electron chi connectivity index (χ3n) is 3.60. The van der Waals surface area contributed by atoms with Gasteiger partial charge in [-0.05, 0) is 61.6 Å². The summed E-state index contributed by atoms with van der Waals surface area (Å²) in [4.78, 5) is 23.5. The van der Waals surface area contributed by atoms with Gasteiger partial charge in [-0.15, -0.1) is 0 Å². The van der Waals surface area contributed by atoms with E-state index in [9.17, 15) is 9.59 Å². The molecule has 1 amide bonds. The number of nitrogens with one attached hydrogen (secondary N) is 2. The number of hydrogen-bond acceptors (Lipinski definition) is 5. The zero-order chi connectivity index (χ0) is 19.4. The highest BCUT2D eigenvalue weighted by Crippen LogP contribution is 2.25. The van der Waals surface area contributed by atoms with E-state index in [4.69, 9.17) is 33.0 Å². The molecule has 138 valence electrons. The zero-order valence-corrected chi connectivity index (χ0v) is 15.8. The summed E-state index contributed by atoms with van der Waals surface area (Å²) >= 11 is 11.3. The third kappa shape index (κ3) is 4.64. The molecular weight excluding hydrogens is 388 g/mol. The summed E-state index contributed by atoms with van der Waals surface area (Å²) in [6.45, 7) is 2.33. The van der Waals surface area contributed by atoms with Crippen molar-refractivity contribution in [2.45, 2.75) is 6.92 Å².